The van der Waals surface area contributed by atoms with Crippen molar-refractivity contribution in [2.45, 2.75) is 11.1 Å². The Morgan fingerprint density at radius 1 is 1.24 bits per heavy atom. The number of aliphatic imine (C=N–C) groups is 1. The van der Waals surface area contributed by atoms with E-state index in [1.165, 1.54) is 8.99 Å². The number of nitrogens with zero attached hydrogens (tertiary/aromatic N) is 7. The lowest BCUT2D eigenvalue weighted by molar-refractivity contribution is 0.143. The van der Waals surface area contributed by atoms with Crippen LogP contribution in [0.5, 0.6) is 0 Å². The average Bonchev–Trinajstić information content (AvgIpc) is 3.26. The minimum Gasteiger partial charge on any atom is -0.458 e. The van der Waals surface area contributed by atoms with Gasteiger partial charge < -0.3 is 9.64 Å². The highest BCUT2D eigenvalue weighted by Gasteiger charge is 2.46. The van der Waals surface area contributed by atoms with Gasteiger partial charge in [0.2, 0.25) is 5.03 Å². The Labute approximate surface area is 176 Å². The number of aromatic nitrogens is 3. The molecule has 0 spiro atoms. The van der Waals surface area contributed by atoms with E-state index in [2.05, 4.69) is 40.8 Å². The number of amidine groups is 1. The van der Waals surface area contributed by atoms with E-state index in [9.17, 15) is 8.42 Å². The van der Waals surface area contributed by atoms with Crippen LogP contribution in [0.2, 0.25) is 0 Å². The van der Waals surface area contributed by atoms with Crippen molar-refractivity contribution >= 4 is 43.5 Å². The normalized spacial score (nSPS) is 23.4. The first-order chi connectivity index (χ1) is 13.9. The molecule has 2 saturated heterocycles. The number of rotatable bonds is 3. The fourth-order valence-corrected chi connectivity index (χ4v) is 5.77. The highest BCUT2D eigenvalue weighted by atomic mass is 79.9. The quantitative estimate of drug-likeness (QED) is 0.639. The van der Waals surface area contributed by atoms with Crippen LogP contribution in [-0.4, -0.2) is 83.8 Å². The number of sulfonamides is 1. The maximum atomic E-state index is 12.9. The largest absolute Gasteiger partial charge is 0.458 e. The summed E-state index contributed by atoms with van der Waals surface area (Å²) in [5.74, 6) is 0.984. The molecule has 10 nitrogen and oxygen atoms in total. The minimum absolute atomic E-state index is 0.0381. The van der Waals surface area contributed by atoms with Crippen LogP contribution in [-0.2, 0) is 21.8 Å². The van der Waals surface area contributed by atoms with E-state index >= 15 is 0 Å². The number of hydrogen-bond donors (Lipinski definition) is 0. The predicted octanol–water partition coefficient (Wildman–Crippen LogP) is 0.790. The van der Waals surface area contributed by atoms with Gasteiger partial charge in [0, 0.05) is 46.0 Å². The summed E-state index contributed by atoms with van der Waals surface area (Å²) < 4.78 is 35.0. The summed E-state index contributed by atoms with van der Waals surface area (Å²) in [6.07, 6.45) is 1.54. The van der Waals surface area contributed by atoms with Crippen LogP contribution in [0.3, 0.4) is 0 Å². The van der Waals surface area contributed by atoms with Crippen molar-refractivity contribution in [2.75, 3.05) is 44.2 Å². The molecule has 3 aliphatic rings. The second kappa shape index (κ2) is 6.96. The molecule has 29 heavy (non-hydrogen) atoms. The summed E-state index contributed by atoms with van der Waals surface area (Å²) in [5, 5.41) is 4.06. The Morgan fingerprint density at radius 3 is 2.76 bits per heavy atom. The van der Waals surface area contributed by atoms with Gasteiger partial charge >= 0.3 is 6.02 Å². The topological polar surface area (TPSA) is 96.2 Å². The second-order valence-electron chi connectivity index (χ2n) is 7.21. The van der Waals surface area contributed by atoms with Crippen molar-refractivity contribution in [3.05, 3.63) is 29.0 Å². The molecule has 1 atom stereocenters. The van der Waals surface area contributed by atoms with Gasteiger partial charge in [0.1, 0.15) is 22.2 Å². The molecule has 0 bridgehead atoms. The van der Waals surface area contributed by atoms with E-state index in [0.29, 0.717) is 16.8 Å². The maximum absolute atomic E-state index is 12.9. The highest BCUT2D eigenvalue weighted by molar-refractivity contribution is 9.10. The van der Waals surface area contributed by atoms with Crippen molar-refractivity contribution in [3.63, 3.8) is 0 Å². The first-order valence-electron chi connectivity index (χ1n) is 9.32. The number of aryl methyl sites for hydroxylation is 1. The predicted molar refractivity (Wildman–Crippen MR) is 110 cm³/mol. The molecule has 3 aliphatic heterocycles. The van der Waals surface area contributed by atoms with E-state index in [0.717, 1.165) is 32.0 Å². The molecule has 12 heteroatoms. The van der Waals surface area contributed by atoms with Crippen LogP contribution in [0.25, 0.3) is 0 Å². The number of halogens is 1. The Hall–Kier alpha value is -2.18. The molecule has 0 saturated carbocycles. The Morgan fingerprint density at radius 2 is 2.03 bits per heavy atom. The highest BCUT2D eigenvalue weighted by Crippen LogP contribution is 2.39. The molecule has 0 amide bonds. The Kier molecular flexibility index (Phi) is 4.51. The zero-order chi connectivity index (χ0) is 20.2. The van der Waals surface area contributed by atoms with Gasteiger partial charge in [-0.25, -0.2) is 9.29 Å². The third kappa shape index (κ3) is 3.19. The van der Waals surface area contributed by atoms with Gasteiger partial charge in [-0.1, -0.05) is 6.07 Å². The van der Waals surface area contributed by atoms with Gasteiger partial charge in [-0.2, -0.15) is 18.5 Å². The summed E-state index contributed by atoms with van der Waals surface area (Å²) in [6.45, 7) is 4.36. The maximum Gasteiger partial charge on any atom is 0.307 e. The van der Waals surface area contributed by atoms with Gasteiger partial charge in [0.05, 0.1) is 6.54 Å². The van der Waals surface area contributed by atoms with Crippen LogP contribution in [0.15, 0.2) is 39.0 Å². The summed E-state index contributed by atoms with van der Waals surface area (Å²) in [6, 6.07) is 6.04. The van der Waals surface area contributed by atoms with Gasteiger partial charge in [-0.05, 0) is 28.1 Å². The number of fused-ring (bicyclic) bond motifs is 2. The molecular formula is C17H20BrN7O3S. The van der Waals surface area contributed by atoms with E-state index in [4.69, 9.17) is 4.74 Å². The molecule has 5 heterocycles. The molecule has 0 N–H and O–H groups in total. The molecule has 0 aliphatic carbocycles. The SMILES string of the molecule is Cn1nc2c(c1Br)N=C1OC(CN3CCN(c4ccccn4)CC3)CN1S2(=O)=O. The summed E-state index contributed by atoms with van der Waals surface area (Å²) >= 11 is 3.34. The van der Waals surface area contributed by atoms with Crippen LogP contribution in [0, 0.1) is 0 Å². The minimum atomic E-state index is -3.76. The van der Waals surface area contributed by atoms with Crippen molar-refractivity contribution in [1.29, 1.82) is 0 Å². The first-order valence-corrected chi connectivity index (χ1v) is 11.6. The monoisotopic (exact) mass is 481 g/mol. The molecule has 5 rings (SSSR count). The van der Waals surface area contributed by atoms with Crippen molar-refractivity contribution in [1.82, 2.24) is 24.0 Å². The van der Waals surface area contributed by atoms with Gasteiger partial charge in [-0.3, -0.25) is 9.58 Å². The number of ether oxygens (including phenoxy) is 1. The van der Waals surface area contributed by atoms with Gasteiger partial charge in [0.25, 0.3) is 10.0 Å². The van der Waals surface area contributed by atoms with Gasteiger partial charge in [0.15, 0.2) is 0 Å². The van der Waals surface area contributed by atoms with Crippen molar-refractivity contribution in [3.8, 4) is 0 Å². The molecule has 0 radical (unpaired) electrons. The number of pyridine rings is 1. The Balaban J connectivity index is 1.26. The molecule has 2 fully saturated rings. The van der Waals surface area contributed by atoms with Crippen LogP contribution < -0.4 is 4.90 Å². The van der Waals surface area contributed by atoms with E-state index in [1.807, 2.05) is 18.2 Å². The molecule has 2 aromatic heterocycles. The van der Waals surface area contributed by atoms with E-state index in [1.54, 1.807) is 13.2 Å². The zero-order valence-electron chi connectivity index (χ0n) is 15.8. The van der Waals surface area contributed by atoms with E-state index < -0.39 is 10.0 Å². The molecule has 1 unspecified atom stereocenters. The summed E-state index contributed by atoms with van der Waals surface area (Å²) in [5.41, 5.74) is 0.295. The summed E-state index contributed by atoms with van der Waals surface area (Å²) in [7, 11) is -2.10. The lowest BCUT2D eigenvalue weighted by atomic mass is 10.2. The van der Waals surface area contributed by atoms with Crippen molar-refractivity contribution in [2.24, 2.45) is 12.0 Å². The first kappa shape index (κ1) is 18.8. The Bertz CT molecular complexity index is 1060. The molecule has 154 valence electrons. The second-order valence-corrected chi connectivity index (χ2v) is 9.74. The zero-order valence-corrected chi connectivity index (χ0v) is 18.2. The van der Waals surface area contributed by atoms with Crippen LogP contribution in [0.4, 0.5) is 11.5 Å². The van der Waals surface area contributed by atoms with Crippen LogP contribution in [0.1, 0.15) is 0 Å². The van der Waals surface area contributed by atoms with Crippen molar-refractivity contribution < 1.29 is 13.2 Å². The third-order valence-electron chi connectivity index (χ3n) is 5.33. The van der Waals surface area contributed by atoms with Crippen LogP contribution >= 0.6 is 15.9 Å². The molecular weight excluding hydrogens is 462 g/mol. The average molecular weight is 482 g/mol. The molecule has 0 aromatic carbocycles. The lowest BCUT2D eigenvalue weighted by Crippen LogP contribution is -2.49. The number of piperazine rings is 1. The number of anilines is 1. The standard InChI is InChI=1S/C17H20BrN7O3S/c1-22-15(18)14-16(21-22)29(26,27)25-11-12(28-17(25)20-14)10-23-6-8-24(9-7-23)13-4-2-3-5-19-13/h2-5,12H,6-11H2,1H3. The number of hydrogen-bond acceptors (Lipinski definition) is 8. The fourth-order valence-electron chi connectivity index (χ4n) is 3.81. The van der Waals surface area contributed by atoms with Gasteiger partial charge in [-0.15, -0.1) is 0 Å². The lowest BCUT2D eigenvalue weighted by Gasteiger charge is -2.36. The summed E-state index contributed by atoms with van der Waals surface area (Å²) in [4.78, 5) is 13.3. The third-order valence-corrected chi connectivity index (χ3v) is 7.87. The molecule has 2 aromatic rings. The fraction of sp³-hybridized carbons (Fsp3) is 0.471. The van der Waals surface area contributed by atoms with E-state index in [-0.39, 0.29) is 23.7 Å². The smallest absolute Gasteiger partial charge is 0.307 e.